The van der Waals surface area contributed by atoms with Crippen LogP contribution in [-0.4, -0.2) is 78.2 Å². The van der Waals surface area contributed by atoms with E-state index in [-0.39, 0.29) is 37.4 Å². The Balaban J connectivity index is 1.28. The Hall–Kier alpha value is -3.39. The van der Waals surface area contributed by atoms with Crippen LogP contribution in [0.2, 0.25) is 0 Å². The van der Waals surface area contributed by atoms with Crippen LogP contribution >= 0.6 is 0 Å². The molecule has 0 spiro atoms. The van der Waals surface area contributed by atoms with Gasteiger partial charge in [0, 0.05) is 38.0 Å². The van der Waals surface area contributed by atoms with E-state index >= 15 is 0 Å². The number of carbonyl (C=O) groups excluding carboxylic acids is 2. The Morgan fingerprint density at radius 1 is 1.06 bits per heavy atom. The summed E-state index contributed by atoms with van der Waals surface area (Å²) in [5, 5.41) is 12.3. The average molecular weight is 480 g/mol. The van der Waals surface area contributed by atoms with Gasteiger partial charge in [-0.3, -0.25) is 14.5 Å². The highest BCUT2D eigenvalue weighted by molar-refractivity contribution is 5.80. The molecule has 2 amide bonds. The largest absolute Gasteiger partial charge is 0.480 e. The van der Waals surface area contributed by atoms with E-state index in [4.69, 9.17) is 4.74 Å². The van der Waals surface area contributed by atoms with E-state index < -0.39 is 18.1 Å². The summed E-state index contributed by atoms with van der Waals surface area (Å²) in [6.07, 6.45) is 0.900. The van der Waals surface area contributed by atoms with Crippen molar-refractivity contribution >= 4 is 18.0 Å². The number of alkyl carbamates (subject to hydrolysis) is 1. The third-order valence-electron chi connectivity index (χ3n) is 7.15. The Bertz CT molecular complexity index is 1040. The molecule has 0 bridgehead atoms. The van der Waals surface area contributed by atoms with Crippen molar-refractivity contribution in [2.45, 2.75) is 44.2 Å². The van der Waals surface area contributed by atoms with Crippen molar-refractivity contribution in [3.63, 3.8) is 0 Å². The summed E-state index contributed by atoms with van der Waals surface area (Å²) in [6, 6.07) is 15.5. The van der Waals surface area contributed by atoms with Crippen molar-refractivity contribution < 1.29 is 24.2 Å². The molecular weight excluding hydrogens is 446 g/mol. The van der Waals surface area contributed by atoms with Crippen LogP contribution in [0.5, 0.6) is 0 Å². The van der Waals surface area contributed by atoms with Gasteiger partial charge in [-0.15, -0.1) is 0 Å². The molecule has 4 rings (SSSR count). The van der Waals surface area contributed by atoms with Crippen molar-refractivity contribution in [2.24, 2.45) is 0 Å². The number of piperazine rings is 1. The number of likely N-dealkylation sites (N-methyl/N-ethyl adjacent to an activating group) is 1. The molecule has 0 saturated carbocycles. The number of hydrogen-bond acceptors (Lipinski definition) is 5. The molecule has 2 aliphatic rings. The van der Waals surface area contributed by atoms with Gasteiger partial charge in [0.05, 0.1) is 0 Å². The molecule has 2 unspecified atom stereocenters. The van der Waals surface area contributed by atoms with Crippen LogP contribution in [0.15, 0.2) is 48.5 Å². The fourth-order valence-corrected chi connectivity index (χ4v) is 5.01. The number of carboxylic acids is 1. The topological polar surface area (TPSA) is 99.2 Å². The first-order valence-corrected chi connectivity index (χ1v) is 12.2. The zero-order valence-electron chi connectivity index (χ0n) is 20.3. The van der Waals surface area contributed by atoms with Gasteiger partial charge in [-0.1, -0.05) is 55.5 Å². The second kappa shape index (κ2) is 10.9. The van der Waals surface area contributed by atoms with Crippen LogP contribution < -0.4 is 5.32 Å². The maximum atomic E-state index is 12.7. The molecular formula is C27H33N3O5. The van der Waals surface area contributed by atoms with E-state index in [0.29, 0.717) is 25.9 Å². The van der Waals surface area contributed by atoms with Crippen LogP contribution in [0.4, 0.5) is 4.79 Å². The normalized spacial score (nSPS) is 18.5. The van der Waals surface area contributed by atoms with Gasteiger partial charge in [-0.05, 0) is 42.1 Å². The van der Waals surface area contributed by atoms with E-state index in [1.54, 1.807) is 16.8 Å². The SMILES string of the molecule is CCC(CCC(=O)N1CCN(C)C(C(=O)O)C1)NC(=O)OCC1c2ccccc2-c2ccccc21. The van der Waals surface area contributed by atoms with Gasteiger partial charge in [-0.25, -0.2) is 4.79 Å². The van der Waals surface area contributed by atoms with E-state index in [2.05, 4.69) is 29.6 Å². The first-order chi connectivity index (χ1) is 16.9. The summed E-state index contributed by atoms with van der Waals surface area (Å²) in [4.78, 5) is 40.1. The smallest absolute Gasteiger partial charge is 0.407 e. The fourth-order valence-electron chi connectivity index (χ4n) is 5.01. The number of carboxylic acid groups (broad SMARTS) is 1. The van der Waals surface area contributed by atoms with Crippen molar-refractivity contribution in [1.29, 1.82) is 0 Å². The highest BCUT2D eigenvalue weighted by Gasteiger charge is 2.32. The Morgan fingerprint density at radius 3 is 2.29 bits per heavy atom. The van der Waals surface area contributed by atoms with Crippen molar-refractivity contribution in [3.8, 4) is 11.1 Å². The fraction of sp³-hybridized carbons (Fsp3) is 0.444. The summed E-state index contributed by atoms with van der Waals surface area (Å²) in [5.41, 5.74) is 4.67. The van der Waals surface area contributed by atoms with Gasteiger partial charge in [0.15, 0.2) is 0 Å². The number of aliphatic carboxylic acids is 1. The zero-order chi connectivity index (χ0) is 24.9. The summed E-state index contributed by atoms with van der Waals surface area (Å²) in [6.45, 7) is 3.41. The van der Waals surface area contributed by atoms with E-state index in [0.717, 1.165) is 11.1 Å². The molecule has 1 fully saturated rings. The van der Waals surface area contributed by atoms with Gasteiger partial charge in [-0.2, -0.15) is 0 Å². The molecule has 2 atom stereocenters. The van der Waals surface area contributed by atoms with Crippen molar-refractivity contribution in [2.75, 3.05) is 33.3 Å². The quantitative estimate of drug-likeness (QED) is 0.603. The molecule has 2 aromatic rings. The number of nitrogens with one attached hydrogen (secondary N) is 1. The highest BCUT2D eigenvalue weighted by atomic mass is 16.5. The molecule has 2 N–H and O–H groups in total. The molecule has 0 radical (unpaired) electrons. The molecule has 8 nitrogen and oxygen atoms in total. The maximum absolute atomic E-state index is 12.7. The molecule has 1 heterocycles. The number of hydrogen-bond donors (Lipinski definition) is 2. The molecule has 1 aliphatic heterocycles. The number of fused-ring (bicyclic) bond motifs is 3. The highest BCUT2D eigenvalue weighted by Crippen LogP contribution is 2.44. The third kappa shape index (κ3) is 5.48. The van der Waals surface area contributed by atoms with Gasteiger partial charge >= 0.3 is 12.1 Å². The Labute approximate surface area is 205 Å². The summed E-state index contributed by atoms with van der Waals surface area (Å²) < 4.78 is 5.63. The number of nitrogens with zero attached hydrogens (tertiary/aromatic N) is 2. The van der Waals surface area contributed by atoms with E-state index in [9.17, 15) is 19.5 Å². The van der Waals surface area contributed by atoms with Crippen molar-refractivity contribution in [3.05, 3.63) is 59.7 Å². The number of amides is 2. The molecule has 186 valence electrons. The van der Waals surface area contributed by atoms with E-state index in [1.165, 1.54) is 11.1 Å². The number of carbonyl (C=O) groups is 3. The standard InChI is InChI=1S/C27H33N3O5/c1-3-18(12-13-25(31)30-15-14-29(2)24(16-30)26(32)33)28-27(34)35-17-23-21-10-6-4-8-19(21)20-9-5-7-11-22(20)23/h4-11,18,23-24H,3,12-17H2,1-2H3,(H,28,34)(H,32,33). The predicted octanol–water partition coefficient (Wildman–Crippen LogP) is 3.31. The molecule has 1 aliphatic carbocycles. The number of benzene rings is 2. The number of rotatable bonds is 8. The third-order valence-corrected chi connectivity index (χ3v) is 7.15. The molecule has 0 aromatic heterocycles. The van der Waals surface area contributed by atoms with Gasteiger partial charge < -0.3 is 20.1 Å². The summed E-state index contributed by atoms with van der Waals surface area (Å²) >= 11 is 0. The lowest BCUT2D eigenvalue weighted by Crippen LogP contribution is -2.56. The molecule has 35 heavy (non-hydrogen) atoms. The number of ether oxygens (including phenoxy) is 1. The summed E-state index contributed by atoms with van der Waals surface area (Å²) in [7, 11) is 1.76. The van der Waals surface area contributed by atoms with Crippen LogP contribution in [0.1, 0.15) is 43.2 Å². The minimum absolute atomic E-state index is 0.00535. The average Bonchev–Trinajstić information content (AvgIpc) is 3.18. The minimum Gasteiger partial charge on any atom is -0.480 e. The monoisotopic (exact) mass is 479 g/mol. The summed E-state index contributed by atoms with van der Waals surface area (Å²) in [5.74, 6) is -1.01. The maximum Gasteiger partial charge on any atom is 0.407 e. The Kier molecular flexibility index (Phi) is 7.70. The van der Waals surface area contributed by atoms with Gasteiger partial charge in [0.2, 0.25) is 5.91 Å². The molecule has 1 saturated heterocycles. The molecule has 2 aromatic carbocycles. The predicted molar refractivity (Wildman–Crippen MR) is 132 cm³/mol. The first-order valence-electron chi connectivity index (χ1n) is 12.2. The lowest BCUT2D eigenvalue weighted by molar-refractivity contribution is -0.147. The van der Waals surface area contributed by atoms with Gasteiger partial charge in [0.1, 0.15) is 12.6 Å². The van der Waals surface area contributed by atoms with E-state index in [1.807, 2.05) is 31.2 Å². The second-order valence-corrected chi connectivity index (χ2v) is 9.29. The minimum atomic E-state index is -0.923. The lowest BCUT2D eigenvalue weighted by atomic mass is 9.98. The van der Waals surface area contributed by atoms with Crippen LogP contribution in [0.3, 0.4) is 0 Å². The second-order valence-electron chi connectivity index (χ2n) is 9.29. The van der Waals surface area contributed by atoms with Crippen molar-refractivity contribution in [1.82, 2.24) is 15.1 Å². The van der Waals surface area contributed by atoms with Gasteiger partial charge in [0.25, 0.3) is 0 Å². The van der Waals surface area contributed by atoms with Crippen LogP contribution in [0, 0.1) is 0 Å². The molecule has 8 heteroatoms. The van der Waals surface area contributed by atoms with Crippen LogP contribution in [-0.2, 0) is 14.3 Å². The Morgan fingerprint density at radius 2 is 1.69 bits per heavy atom. The van der Waals surface area contributed by atoms with Crippen LogP contribution in [0.25, 0.3) is 11.1 Å². The zero-order valence-corrected chi connectivity index (χ0v) is 20.3. The lowest BCUT2D eigenvalue weighted by Gasteiger charge is -2.37. The first kappa shape index (κ1) is 24.7.